The number of imidazole rings is 1. The topological polar surface area (TPSA) is 139 Å². The molecule has 168 valence electrons. The number of nitrogens with zero attached hydrogens (tertiary/aromatic N) is 3. The van der Waals surface area contributed by atoms with Gasteiger partial charge in [-0.15, -0.1) is 0 Å². The number of benzene rings is 1. The zero-order chi connectivity index (χ0) is 22.8. The van der Waals surface area contributed by atoms with Crippen molar-refractivity contribution in [1.82, 2.24) is 19.5 Å². The number of aliphatic hydroxyl groups excluding tert-OH is 1. The van der Waals surface area contributed by atoms with Gasteiger partial charge in [-0.3, -0.25) is 29.3 Å². The molecule has 3 N–H and O–H groups in total. The first-order chi connectivity index (χ1) is 15.4. The van der Waals surface area contributed by atoms with Gasteiger partial charge in [-0.05, 0) is 0 Å². The quantitative estimate of drug-likeness (QED) is 0.510. The summed E-state index contributed by atoms with van der Waals surface area (Å²) in [6.45, 7) is 3.20. The van der Waals surface area contributed by atoms with Gasteiger partial charge >= 0.3 is 0 Å². The third-order valence-corrected chi connectivity index (χ3v) is 6.39. The van der Waals surface area contributed by atoms with Crippen LogP contribution < -0.4 is 10.9 Å². The summed E-state index contributed by atoms with van der Waals surface area (Å²) in [5.74, 6) is -0.555. The molecule has 1 aliphatic heterocycles. The Balaban J connectivity index is 1.58. The number of anilines is 1. The van der Waals surface area contributed by atoms with E-state index in [-0.39, 0.29) is 45.9 Å². The lowest BCUT2D eigenvalue weighted by Crippen LogP contribution is -2.24. The molecule has 3 atom stereocenters. The van der Waals surface area contributed by atoms with Crippen molar-refractivity contribution in [2.24, 2.45) is 5.92 Å². The maximum atomic E-state index is 12.6. The predicted molar refractivity (Wildman–Crippen MR) is 119 cm³/mol. The van der Waals surface area contributed by atoms with Crippen LogP contribution in [0.5, 0.6) is 0 Å². The minimum Gasteiger partial charge on any atom is -0.394 e. The molecule has 10 nitrogen and oxygen atoms in total. The maximum Gasteiger partial charge on any atom is 0.280 e. The fraction of sp³-hybridized carbons (Fsp3) is 0.381. The van der Waals surface area contributed by atoms with Crippen LogP contribution in [-0.4, -0.2) is 53.6 Å². The highest BCUT2D eigenvalue weighted by Crippen LogP contribution is 2.38. The molecular formula is C21H23N5O5S. The van der Waals surface area contributed by atoms with Crippen molar-refractivity contribution in [3.63, 3.8) is 0 Å². The number of aromatic nitrogens is 4. The van der Waals surface area contributed by atoms with Gasteiger partial charge in [0.1, 0.15) is 6.23 Å². The number of hydrogen-bond acceptors (Lipinski definition) is 8. The number of fused-ring (bicyclic) bond motifs is 1. The van der Waals surface area contributed by atoms with Crippen molar-refractivity contribution in [3.8, 4) is 0 Å². The van der Waals surface area contributed by atoms with Gasteiger partial charge in [0.15, 0.2) is 11.2 Å². The third-order valence-electron chi connectivity index (χ3n) is 5.14. The minimum atomic E-state index is -0.582. The van der Waals surface area contributed by atoms with E-state index in [2.05, 4.69) is 20.3 Å². The van der Waals surface area contributed by atoms with Gasteiger partial charge in [-0.25, -0.2) is 4.98 Å². The monoisotopic (exact) mass is 457 g/mol. The molecule has 3 heterocycles. The Morgan fingerprint density at radius 3 is 2.78 bits per heavy atom. The summed E-state index contributed by atoms with van der Waals surface area (Å²) in [5, 5.41) is 12.0. The molecular weight excluding hydrogens is 434 g/mol. The van der Waals surface area contributed by atoms with Gasteiger partial charge in [0.05, 0.1) is 19.0 Å². The van der Waals surface area contributed by atoms with Crippen molar-refractivity contribution in [1.29, 1.82) is 0 Å². The summed E-state index contributed by atoms with van der Waals surface area (Å²) in [6, 6.07) is 8.90. The molecule has 1 aliphatic rings. The first-order valence-electron chi connectivity index (χ1n) is 10.2. The first-order valence-corrected chi connectivity index (χ1v) is 11.1. The van der Waals surface area contributed by atoms with Gasteiger partial charge in [0.2, 0.25) is 17.0 Å². The van der Waals surface area contributed by atoms with E-state index in [4.69, 9.17) is 4.74 Å². The number of amides is 1. The second-order valence-corrected chi connectivity index (χ2v) is 8.95. The van der Waals surface area contributed by atoms with Gasteiger partial charge in [-0.2, -0.15) is 4.98 Å². The highest BCUT2D eigenvalue weighted by Gasteiger charge is 2.38. The van der Waals surface area contributed by atoms with Crippen molar-refractivity contribution in [3.05, 3.63) is 52.6 Å². The lowest BCUT2D eigenvalue weighted by Gasteiger charge is -2.15. The standard InChI is InChI=1S/C21H23N5O5S/c1-11(2)18(28)24-21-23-17-16(19(29)25-21)22-10-26(17)15-8-14(13(9-27)31-15)32-20(30)12-6-4-3-5-7-12/h3-7,10-11,13-15,27H,8-9H2,1-2H3,(H2,23,24,25,28,29)/t13-,14+,15-/m1/s1. The summed E-state index contributed by atoms with van der Waals surface area (Å²) >= 11 is 1.11. The molecule has 1 saturated heterocycles. The van der Waals surface area contributed by atoms with Crippen LogP contribution in [0.3, 0.4) is 0 Å². The molecule has 0 aliphatic carbocycles. The van der Waals surface area contributed by atoms with Crippen LogP contribution in [0.4, 0.5) is 5.95 Å². The molecule has 2 aromatic heterocycles. The Kier molecular flexibility index (Phi) is 6.40. The molecule has 4 rings (SSSR count). The number of aromatic amines is 1. The average Bonchev–Trinajstić information content (AvgIpc) is 3.38. The number of rotatable bonds is 6. The largest absolute Gasteiger partial charge is 0.394 e. The van der Waals surface area contributed by atoms with Crippen LogP contribution in [0.2, 0.25) is 0 Å². The van der Waals surface area contributed by atoms with Crippen molar-refractivity contribution < 1.29 is 19.4 Å². The van der Waals surface area contributed by atoms with E-state index in [1.807, 2.05) is 6.07 Å². The van der Waals surface area contributed by atoms with Gasteiger partial charge in [0.25, 0.3) is 5.56 Å². The fourth-order valence-corrected chi connectivity index (χ4v) is 4.51. The molecule has 0 radical (unpaired) electrons. The Bertz CT molecular complexity index is 1190. The lowest BCUT2D eigenvalue weighted by molar-refractivity contribution is -0.118. The van der Waals surface area contributed by atoms with Gasteiger partial charge in [-0.1, -0.05) is 55.9 Å². The van der Waals surface area contributed by atoms with Crippen molar-refractivity contribution in [2.45, 2.75) is 37.9 Å². The molecule has 0 saturated carbocycles. The summed E-state index contributed by atoms with van der Waals surface area (Å²) in [6.07, 6.45) is 0.687. The fourth-order valence-electron chi connectivity index (χ4n) is 3.40. The first kappa shape index (κ1) is 22.2. The highest BCUT2D eigenvalue weighted by molar-refractivity contribution is 8.14. The minimum absolute atomic E-state index is 0.0184. The van der Waals surface area contributed by atoms with E-state index in [1.165, 1.54) is 6.33 Å². The maximum absolute atomic E-state index is 12.6. The predicted octanol–water partition coefficient (Wildman–Crippen LogP) is 1.94. The molecule has 3 aromatic rings. The Morgan fingerprint density at radius 1 is 1.34 bits per heavy atom. The molecule has 1 aromatic carbocycles. The summed E-state index contributed by atoms with van der Waals surface area (Å²) in [4.78, 5) is 48.0. The number of thioether (sulfide) groups is 1. The average molecular weight is 458 g/mol. The van der Waals surface area contributed by atoms with Gasteiger partial charge in [0, 0.05) is 23.2 Å². The summed E-state index contributed by atoms with van der Waals surface area (Å²) < 4.78 is 7.56. The van der Waals surface area contributed by atoms with E-state index in [0.29, 0.717) is 12.0 Å². The smallest absolute Gasteiger partial charge is 0.280 e. The second-order valence-electron chi connectivity index (χ2n) is 7.74. The number of carbonyl (C=O) groups excluding carboxylic acids is 2. The van der Waals surface area contributed by atoms with E-state index < -0.39 is 17.9 Å². The molecule has 0 unspecified atom stereocenters. The van der Waals surface area contributed by atoms with Crippen LogP contribution in [0, 0.1) is 5.92 Å². The Labute approximate surface area is 187 Å². The van der Waals surface area contributed by atoms with Crippen LogP contribution in [0.25, 0.3) is 11.2 Å². The molecule has 0 spiro atoms. The summed E-state index contributed by atoms with van der Waals surface area (Å²) in [5.41, 5.74) is 0.432. The highest BCUT2D eigenvalue weighted by atomic mass is 32.2. The zero-order valence-corrected chi connectivity index (χ0v) is 18.3. The molecule has 1 fully saturated rings. The third kappa shape index (κ3) is 4.45. The van der Waals surface area contributed by atoms with Gasteiger partial charge < -0.3 is 9.84 Å². The van der Waals surface area contributed by atoms with E-state index in [0.717, 1.165) is 11.8 Å². The number of H-pyrrole nitrogens is 1. The molecule has 1 amide bonds. The Hall–Kier alpha value is -3.02. The number of aliphatic hydroxyl groups is 1. The van der Waals surface area contributed by atoms with Crippen LogP contribution in [0.1, 0.15) is 36.9 Å². The molecule has 11 heteroatoms. The van der Waals surface area contributed by atoms with E-state index >= 15 is 0 Å². The van der Waals surface area contributed by atoms with Crippen molar-refractivity contribution >= 4 is 39.9 Å². The summed E-state index contributed by atoms with van der Waals surface area (Å²) in [7, 11) is 0. The lowest BCUT2D eigenvalue weighted by atomic mass is 10.2. The number of nitrogens with one attached hydrogen (secondary N) is 2. The van der Waals surface area contributed by atoms with E-state index in [1.54, 1.807) is 42.7 Å². The zero-order valence-electron chi connectivity index (χ0n) is 17.5. The number of ether oxygens (including phenoxy) is 1. The van der Waals surface area contributed by atoms with Crippen molar-refractivity contribution in [2.75, 3.05) is 11.9 Å². The van der Waals surface area contributed by atoms with E-state index in [9.17, 15) is 19.5 Å². The SMILES string of the molecule is CC(C)C(=O)Nc1nc2c(ncn2[C@H]2C[C@H](SC(=O)c3ccccc3)[C@@H](CO)O2)c(=O)[nH]1. The second kappa shape index (κ2) is 9.23. The van der Waals surface area contributed by atoms with Crippen LogP contribution >= 0.6 is 11.8 Å². The number of carbonyl (C=O) groups is 2. The number of hydrogen-bond donors (Lipinski definition) is 3. The van der Waals surface area contributed by atoms with Crippen LogP contribution in [-0.2, 0) is 9.53 Å². The molecule has 0 bridgehead atoms. The Morgan fingerprint density at radius 2 is 2.09 bits per heavy atom. The van der Waals surface area contributed by atoms with Crippen LogP contribution in [0.15, 0.2) is 41.5 Å². The molecule has 32 heavy (non-hydrogen) atoms. The normalized spacial score (nSPS) is 20.7.